The summed E-state index contributed by atoms with van der Waals surface area (Å²) in [6.07, 6.45) is 2.54. The van der Waals surface area contributed by atoms with Gasteiger partial charge in [0.05, 0.1) is 7.11 Å². The van der Waals surface area contributed by atoms with Gasteiger partial charge >= 0.3 is 0 Å². The molecule has 0 atom stereocenters. The lowest BCUT2D eigenvalue weighted by molar-refractivity contribution is 0.112. The maximum Gasteiger partial charge on any atom is 0.213 e. The highest BCUT2D eigenvalue weighted by molar-refractivity contribution is 5.80. The van der Waals surface area contributed by atoms with E-state index in [1.165, 1.54) is 0 Å². The van der Waals surface area contributed by atoms with E-state index in [4.69, 9.17) is 4.74 Å². The number of methoxy groups -OCH3 is 1. The molecule has 0 fully saturated rings. The molecule has 2 rings (SSSR count). The van der Waals surface area contributed by atoms with Crippen molar-refractivity contribution in [2.45, 2.75) is 6.92 Å². The van der Waals surface area contributed by atoms with Crippen LogP contribution in [0, 0.1) is 6.92 Å². The number of carbonyl (C=O) groups excluding carboxylic acids is 1. The molecule has 0 bridgehead atoms. The summed E-state index contributed by atoms with van der Waals surface area (Å²) in [5.74, 6) is 0.568. The molecule has 0 unspecified atom stereocenters. The molecule has 17 heavy (non-hydrogen) atoms. The largest absolute Gasteiger partial charge is 0.481 e. The fourth-order valence-electron chi connectivity index (χ4n) is 1.71. The zero-order valence-corrected chi connectivity index (χ0v) is 9.81. The number of aldehydes is 1. The van der Waals surface area contributed by atoms with Crippen molar-refractivity contribution in [1.29, 1.82) is 0 Å². The van der Waals surface area contributed by atoms with E-state index in [0.29, 0.717) is 11.4 Å². The molecule has 86 valence electrons. The maximum atomic E-state index is 10.8. The predicted octanol–water partition coefficient (Wildman–Crippen LogP) is 2.88. The average Bonchev–Trinajstić information content (AvgIpc) is 2.39. The number of hydrogen-bond acceptors (Lipinski definition) is 3. The second-order valence-electron chi connectivity index (χ2n) is 3.78. The van der Waals surface area contributed by atoms with Crippen LogP contribution in [-0.2, 0) is 0 Å². The molecule has 0 aliphatic rings. The van der Waals surface area contributed by atoms with E-state index in [1.54, 1.807) is 13.3 Å². The van der Waals surface area contributed by atoms with Gasteiger partial charge in [0, 0.05) is 17.8 Å². The SMILES string of the molecule is COc1cc(-c2cc(C=O)ccc2C)ccn1. The third-order valence-corrected chi connectivity index (χ3v) is 2.65. The van der Waals surface area contributed by atoms with Crippen molar-refractivity contribution in [3.8, 4) is 17.0 Å². The third kappa shape index (κ3) is 2.33. The zero-order valence-electron chi connectivity index (χ0n) is 9.81. The van der Waals surface area contributed by atoms with Gasteiger partial charge in [0.25, 0.3) is 0 Å². The normalized spacial score (nSPS) is 10.0. The highest BCUT2D eigenvalue weighted by Gasteiger charge is 2.05. The Kier molecular flexibility index (Phi) is 3.19. The highest BCUT2D eigenvalue weighted by Crippen LogP contribution is 2.26. The monoisotopic (exact) mass is 227 g/mol. The molecule has 0 N–H and O–H groups in total. The zero-order chi connectivity index (χ0) is 12.3. The fourth-order valence-corrected chi connectivity index (χ4v) is 1.71. The first-order valence-corrected chi connectivity index (χ1v) is 5.31. The Morgan fingerprint density at radius 3 is 2.76 bits per heavy atom. The van der Waals surface area contributed by atoms with E-state index in [2.05, 4.69) is 4.98 Å². The summed E-state index contributed by atoms with van der Waals surface area (Å²) in [7, 11) is 1.58. The van der Waals surface area contributed by atoms with Crippen molar-refractivity contribution in [2.24, 2.45) is 0 Å². The van der Waals surface area contributed by atoms with E-state index < -0.39 is 0 Å². The lowest BCUT2D eigenvalue weighted by Gasteiger charge is -2.07. The highest BCUT2D eigenvalue weighted by atomic mass is 16.5. The van der Waals surface area contributed by atoms with Gasteiger partial charge in [-0.25, -0.2) is 4.98 Å². The van der Waals surface area contributed by atoms with Crippen molar-refractivity contribution in [3.63, 3.8) is 0 Å². The molecular formula is C14H13NO2. The van der Waals surface area contributed by atoms with Gasteiger partial charge in [-0.2, -0.15) is 0 Å². The number of rotatable bonds is 3. The Bertz CT molecular complexity index is 550. The average molecular weight is 227 g/mol. The molecule has 1 heterocycles. The Hall–Kier alpha value is -2.16. The van der Waals surface area contributed by atoms with Crippen molar-refractivity contribution < 1.29 is 9.53 Å². The fraction of sp³-hybridized carbons (Fsp3) is 0.143. The Balaban J connectivity index is 2.54. The molecule has 0 amide bonds. The minimum atomic E-state index is 0.568. The number of pyridine rings is 1. The Morgan fingerprint density at radius 2 is 2.06 bits per heavy atom. The molecule has 1 aromatic heterocycles. The molecule has 0 spiro atoms. The summed E-state index contributed by atoms with van der Waals surface area (Å²) in [4.78, 5) is 14.9. The molecule has 0 radical (unpaired) electrons. The Labute approximate surface area is 100 Å². The van der Waals surface area contributed by atoms with Crippen LogP contribution in [0.15, 0.2) is 36.5 Å². The molecule has 0 aliphatic carbocycles. The molecule has 0 aliphatic heterocycles. The van der Waals surface area contributed by atoms with Gasteiger partial charge in [-0.15, -0.1) is 0 Å². The van der Waals surface area contributed by atoms with Crippen LogP contribution in [0.1, 0.15) is 15.9 Å². The van der Waals surface area contributed by atoms with E-state index >= 15 is 0 Å². The number of aromatic nitrogens is 1. The summed E-state index contributed by atoms with van der Waals surface area (Å²) in [6, 6.07) is 9.38. The van der Waals surface area contributed by atoms with Gasteiger partial charge < -0.3 is 4.74 Å². The van der Waals surface area contributed by atoms with E-state index in [9.17, 15) is 4.79 Å². The Morgan fingerprint density at radius 1 is 1.24 bits per heavy atom. The number of ether oxygens (including phenoxy) is 1. The van der Waals surface area contributed by atoms with E-state index in [-0.39, 0.29) is 0 Å². The van der Waals surface area contributed by atoms with Gasteiger partial charge in [0.15, 0.2) is 0 Å². The number of carbonyl (C=O) groups is 1. The van der Waals surface area contributed by atoms with Crippen LogP contribution in [0.4, 0.5) is 0 Å². The van der Waals surface area contributed by atoms with Gasteiger partial charge in [-0.1, -0.05) is 12.1 Å². The van der Waals surface area contributed by atoms with E-state index in [0.717, 1.165) is 23.0 Å². The number of aryl methyl sites for hydroxylation is 1. The van der Waals surface area contributed by atoms with Crippen LogP contribution in [-0.4, -0.2) is 18.4 Å². The lowest BCUT2D eigenvalue weighted by Crippen LogP contribution is -1.90. The van der Waals surface area contributed by atoms with Crippen molar-refractivity contribution in [2.75, 3.05) is 7.11 Å². The molecular weight excluding hydrogens is 214 g/mol. The van der Waals surface area contributed by atoms with Gasteiger partial charge in [0.1, 0.15) is 6.29 Å². The van der Waals surface area contributed by atoms with Gasteiger partial charge in [0.2, 0.25) is 5.88 Å². The summed E-state index contributed by atoms with van der Waals surface area (Å²) in [5.41, 5.74) is 3.80. The quantitative estimate of drug-likeness (QED) is 0.757. The van der Waals surface area contributed by atoms with E-state index in [1.807, 2.05) is 37.3 Å². The van der Waals surface area contributed by atoms with Crippen LogP contribution in [0.3, 0.4) is 0 Å². The minimum Gasteiger partial charge on any atom is -0.481 e. The summed E-state index contributed by atoms with van der Waals surface area (Å²) in [6.45, 7) is 2.01. The van der Waals surface area contributed by atoms with Crippen molar-refractivity contribution in [3.05, 3.63) is 47.7 Å². The lowest BCUT2D eigenvalue weighted by atomic mass is 9.99. The first-order chi connectivity index (χ1) is 8.24. The van der Waals surface area contributed by atoms with Crippen LogP contribution >= 0.6 is 0 Å². The summed E-state index contributed by atoms with van der Waals surface area (Å²) < 4.78 is 5.09. The number of benzene rings is 1. The topological polar surface area (TPSA) is 39.2 Å². The predicted molar refractivity (Wildman–Crippen MR) is 66.3 cm³/mol. The van der Waals surface area contributed by atoms with Crippen LogP contribution in [0.25, 0.3) is 11.1 Å². The molecule has 3 nitrogen and oxygen atoms in total. The van der Waals surface area contributed by atoms with Gasteiger partial charge in [-0.3, -0.25) is 4.79 Å². The molecule has 1 aromatic carbocycles. The first kappa shape index (κ1) is 11.3. The van der Waals surface area contributed by atoms with Gasteiger partial charge in [-0.05, 0) is 35.7 Å². The number of nitrogens with zero attached hydrogens (tertiary/aromatic N) is 1. The first-order valence-electron chi connectivity index (χ1n) is 5.31. The summed E-state index contributed by atoms with van der Waals surface area (Å²) >= 11 is 0. The van der Waals surface area contributed by atoms with Crippen molar-refractivity contribution >= 4 is 6.29 Å². The standard InChI is InChI=1S/C14H13NO2/c1-10-3-4-11(9-16)7-13(10)12-5-6-15-14(8-12)17-2/h3-9H,1-2H3. The smallest absolute Gasteiger partial charge is 0.213 e. The molecule has 0 saturated heterocycles. The van der Waals surface area contributed by atoms with Crippen LogP contribution < -0.4 is 4.74 Å². The third-order valence-electron chi connectivity index (χ3n) is 2.65. The molecule has 2 aromatic rings. The van der Waals surface area contributed by atoms with Crippen LogP contribution in [0.5, 0.6) is 5.88 Å². The minimum absolute atomic E-state index is 0.568. The summed E-state index contributed by atoms with van der Waals surface area (Å²) in [5, 5.41) is 0. The van der Waals surface area contributed by atoms with Crippen LogP contribution in [0.2, 0.25) is 0 Å². The second kappa shape index (κ2) is 4.78. The number of hydrogen-bond donors (Lipinski definition) is 0. The second-order valence-corrected chi connectivity index (χ2v) is 3.78. The van der Waals surface area contributed by atoms with Crippen molar-refractivity contribution in [1.82, 2.24) is 4.98 Å². The molecule has 3 heteroatoms. The molecule has 0 saturated carbocycles. The maximum absolute atomic E-state index is 10.8.